The normalized spacial score (nSPS) is 11.6. The average Bonchev–Trinajstić information content (AvgIpc) is 2.82. The van der Waals surface area contributed by atoms with E-state index in [4.69, 9.17) is 11.6 Å². The van der Waals surface area contributed by atoms with E-state index in [-0.39, 0.29) is 17.6 Å². The Hall–Kier alpha value is -2.76. The van der Waals surface area contributed by atoms with E-state index in [0.717, 1.165) is 16.0 Å². The van der Waals surface area contributed by atoms with Crippen molar-refractivity contribution in [1.29, 1.82) is 0 Å². The lowest BCUT2D eigenvalue weighted by molar-refractivity contribution is -0.139. The summed E-state index contributed by atoms with van der Waals surface area (Å²) in [6.07, 6.45) is 0.446. The maximum atomic E-state index is 13.5. The first-order valence-corrected chi connectivity index (χ1v) is 12.4. The van der Waals surface area contributed by atoms with Crippen molar-refractivity contribution in [1.82, 2.24) is 10.2 Å². The molecule has 0 unspecified atom stereocenters. The smallest absolute Gasteiger partial charge is 0.243 e. The summed E-state index contributed by atoms with van der Waals surface area (Å²) >= 11 is 7.54. The van der Waals surface area contributed by atoms with Crippen molar-refractivity contribution in [2.45, 2.75) is 37.8 Å². The number of amides is 2. The van der Waals surface area contributed by atoms with Gasteiger partial charge in [-0.05, 0) is 49.2 Å². The molecule has 0 aromatic heterocycles. The maximum absolute atomic E-state index is 13.5. The van der Waals surface area contributed by atoms with E-state index in [1.807, 2.05) is 80.6 Å². The molecule has 3 rings (SSSR count). The summed E-state index contributed by atoms with van der Waals surface area (Å²) in [7, 11) is 0. The molecule has 0 aliphatic carbocycles. The van der Waals surface area contributed by atoms with Gasteiger partial charge in [-0.25, -0.2) is 0 Å². The summed E-state index contributed by atoms with van der Waals surface area (Å²) in [5.74, 6) is 0.0214. The van der Waals surface area contributed by atoms with Crippen molar-refractivity contribution in [2.24, 2.45) is 0 Å². The molecule has 3 aromatic carbocycles. The Labute approximate surface area is 205 Å². The van der Waals surface area contributed by atoms with Gasteiger partial charge in [-0.1, -0.05) is 71.8 Å². The minimum atomic E-state index is -0.617. The van der Waals surface area contributed by atoms with Gasteiger partial charge in [0.25, 0.3) is 0 Å². The van der Waals surface area contributed by atoms with E-state index in [9.17, 15) is 9.59 Å². The van der Waals surface area contributed by atoms with Gasteiger partial charge in [-0.2, -0.15) is 0 Å². The lowest BCUT2D eigenvalue weighted by Crippen LogP contribution is -2.51. The molecule has 172 valence electrons. The Bertz CT molecular complexity index is 1040. The largest absolute Gasteiger partial charge is 0.355 e. The van der Waals surface area contributed by atoms with Crippen molar-refractivity contribution in [3.63, 3.8) is 0 Å². The van der Waals surface area contributed by atoms with Gasteiger partial charge >= 0.3 is 0 Å². The Morgan fingerprint density at radius 1 is 0.939 bits per heavy atom. The van der Waals surface area contributed by atoms with Crippen molar-refractivity contribution in [3.05, 3.63) is 101 Å². The third-order valence-electron chi connectivity index (χ3n) is 5.27. The lowest BCUT2D eigenvalue weighted by atomic mass is 10.0. The fraction of sp³-hybridized carbons (Fsp3) is 0.259. The zero-order valence-electron chi connectivity index (χ0n) is 19.0. The van der Waals surface area contributed by atoms with E-state index in [1.165, 1.54) is 17.3 Å². The molecule has 0 aliphatic heterocycles. The van der Waals surface area contributed by atoms with Gasteiger partial charge in [-0.3, -0.25) is 9.59 Å². The van der Waals surface area contributed by atoms with Gasteiger partial charge < -0.3 is 10.2 Å². The minimum absolute atomic E-state index is 0.0808. The highest BCUT2D eigenvalue weighted by Gasteiger charge is 2.30. The monoisotopic (exact) mass is 480 g/mol. The highest BCUT2D eigenvalue weighted by molar-refractivity contribution is 8.00. The summed E-state index contributed by atoms with van der Waals surface area (Å²) < 4.78 is 0. The van der Waals surface area contributed by atoms with Crippen LogP contribution in [-0.4, -0.2) is 35.1 Å². The molecule has 6 heteroatoms. The standard InChI is InChI=1S/C27H29ClN2O2S/c1-3-29-27(32)25(17-21-7-5-4-6-8-21)30(18-22-11-13-23(28)14-12-22)26(31)19-33-24-15-9-20(2)10-16-24/h4-16,25H,3,17-19H2,1-2H3,(H,29,32)/t25-/m0/s1. The third-order valence-corrected chi connectivity index (χ3v) is 6.52. The van der Waals surface area contributed by atoms with Gasteiger partial charge in [0, 0.05) is 29.4 Å². The van der Waals surface area contributed by atoms with Gasteiger partial charge in [0.1, 0.15) is 6.04 Å². The van der Waals surface area contributed by atoms with Crippen molar-refractivity contribution in [3.8, 4) is 0 Å². The van der Waals surface area contributed by atoms with Gasteiger partial charge in [0.15, 0.2) is 0 Å². The van der Waals surface area contributed by atoms with Crippen LogP contribution in [-0.2, 0) is 22.6 Å². The molecule has 3 aromatic rings. The van der Waals surface area contributed by atoms with Crippen LogP contribution in [0, 0.1) is 6.92 Å². The highest BCUT2D eigenvalue weighted by Crippen LogP contribution is 2.22. The molecular weight excluding hydrogens is 452 g/mol. The van der Waals surface area contributed by atoms with Crippen LogP contribution in [0.3, 0.4) is 0 Å². The fourth-order valence-electron chi connectivity index (χ4n) is 3.49. The molecule has 0 saturated heterocycles. The number of rotatable bonds is 10. The Kier molecular flexibility index (Phi) is 9.40. The molecular formula is C27H29ClN2O2S. The highest BCUT2D eigenvalue weighted by atomic mass is 35.5. The van der Waals surface area contributed by atoms with Gasteiger partial charge in [-0.15, -0.1) is 11.8 Å². The van der Waals surface area contributed by atoms with E-state index in [0.29, 0.717) is 24.5 Å². The number of hydrogen-bond acceptors (Lipinski definition) is 3. The lowest BCUT2D eigenvalue weighted by Gasteiger charge is -2.31. The number of aryl methyl sites for hydroxylation is 1. The first-order valence-electron chi connectivity index (χ1n) is 11.0. The Morgan fingerprint density at radius 3 is 2.24 bits per heavy atom. The van der Waals surface area contributed by atoms with Crippen LogP contribution in [0.4, 0.5) is 0 Å². The topological polar surface area (TPSA) is 49.4 Å². The minimum Gasteiger partial charge on any atom is -0.355 e. The molecule has 0 fully saturated rings. The van der Waals surface area contributed by atoms with E-state index >= 15 is 0 Å². The number of thioether (sulfide) groups is 1. The second kappa shape index (κ2) is 12.5. The number of nitrogens with zero attached hydrogens (tertiary/aromatic N) is 1. The van der Waals surface area contributed by atoms with Crippen molar-refractivity contribution < 1.29 is 9.59 Å². The van der Waals surface area contributed by atoms with Crippen LogP contribution in [0.1, 0.15) is 23.6 Å². The van der Waals surface area contributed by atoms with E-state index in [2.05, 4.69) is 5.32 Å². The van der Waals surface area contributed by atoms with Crippen LogP contribution in [0.25, 0.3) is 0 Å². The Morgan fingerprint density at radius 2 is 1.61 bits per heavy atom. The molecule has 1 N–H and O–H groups in total. The quantitative estimate of drug-likeness (QED) is 0.389. The van der Waals surface area contributed by atoms with Gasteiger partial charge in [0.05, 0.1) is 5.75 Å². The van der Waals surface area contributed by atoms with E-state index < -0.39 is 6.04 Å². The zero-order valence-corrected chi connectivity index (χ0v) is 20.5. The number of benzene rings is 3. The number of carbonyl (C=O) groups excluding carboxylic acids is 2. The summed E-state index contributed by atoms with van der Waals surface area (Å²) in [6.45, 7) is 4.76. The first-order chi connectivity index (χ1) is 16.0. The average molecular weight is 481 g/mol. The summed E-state index contributed by atoms with van der Waals surface area (Å²) in [4.78, 5) is 29.3. The van der Waals surface area contributed by atoms with Crippen LogP contribution in [0.5, 0.6) is 0 Å². The molecule has 0 radical (unpaired) electrons. The molecule has 0 aliphatic rings. The van der Waals surface area contributed by atoms with Crippen LogP contribution in [0.2, 0.25) is 5.02 Å². The number of likely N-dealkylation sites (N-methyl/N-ethyl adjacent to an activating group) is 1. The predicted octanol–water partition coefficient (Wildman–Crippen LogP) is 5.52. The molecule has 1 atom stereocenters. The molecule has 2 amide bonds. The number of halogens is 1. The molecule has 4 nitrogen and oxygen atoms in total. The predicted molar refractivity (Wildman–Crippen MR) is 137 cm³/mol. The maximum Gasteiger partial charge on any atom is 0.243 e. The molecule has 0 spiro atoms. The molecule has 0 saturated carbocycles. The first kappa shape index (κ1) is 24.9. The van der Waals surface area contributed by atoms with Crippen LogP contribution < -0.4 is 5.32 Å². The summed E-state index contributed by atoms with van der Waals surface area (Å²) in [5, 5.41) is 3.55. The Balaban J connectivity index is 1.87. The molecule has 0 heterocycles. The third kappa shape index (κ3) is 7.65. The van der Waals surface area contributed by atoms with E-state index in [1.54, 1.807) is 17.0 Å². The van der Waals surface area contributed by atoms with Crippen molar-refractivity contribution >= 4 is 35.2 Å². The zero-order chi connectivity index (χ0) is 23.6. The number of hydrogen-bond donors (Lipinski definition) is 1. The molecule has 0 bridgehead atoms. The SMILES string of the molecule is CCNC(=O)[C@H](Cc1ccccc1)N(Cc1ccc(Cl)cc1)C(=O)CSc1ccc(C)cc1. The second-order valence-electron chi connectivity index (χ2n) is 7.85. The summed E-state index contributed by atoms with van der Waals surface area (Å²) in [5.41, 5.74) is 3.11. The molecule has 33 heavy (non-hydrogen) atoms. The van der Waals surface area contributed by atoms with Crippen molar-refractivity contribution in [2.75, 3.05) is 12.3 Å². The summed E-state index contributed by atoms with van der Waals surface area (Å²) in [6, 6.07) is 24.7. The van der Waals surface area contributed by atoms with Crippen LogP contribution in [0.15, 0.2) is 83.8 Å². The van der Waals surface area contributed by atoms with Crippen LogP contribution >= 0.6 is 23.4 Å². The second-order valence-corrected chi connectivity index (χ2v) is 9.34. The van der Waals surface area contributed by atoms with Gasteiger partial charge in [0.2, 0.25) is 11.8 Å². The number of carbonyl (C=O) groups is 2. The number of nitrogens with one attached hydrogen (secondary N) is 1. The fourth-order valence-corrected chi connectivity index (χ4v) is 4.41.